The van der Waals surface area contributed by atoms with Crippen molar-refractivity contribution in [2.24, 2.45) is 0 Å². The molecule has 3 aromatic carbocycles. The zero-order valence-electron chi connectivity index (χ0n) is 17.8. The Hall–Kier alpha value is -4.59. The van der Waals surface area contributed by atoms with Crippen molar-refractivity contribution in [3.63, 3.8) is 0 Å². The van der Waals surface area contributed by atoms with Gasteiger partial charge in [-0.05, 0) is 30.3 Å². The lowest BCUT2D eigenvalue weighted by Crippen LogP contribution is -2.17. The van der Waals surface area contributed by atoms with E-state index in [9.17, 15) is 24.0 Å². The fourth-order valence-corrected chi connectivity index (χ4v) is 3.00. The number of benzene rings is 3. The Bertz CT molecular complexity index is 1230. The van der Waals surface area contributed by atoms with E-state index in [1.807, 2.05) is 0 Å². The topological polar surface area (TPSA) is 116 Å². The molecule has 1 N–H and O–H groups in total. The highest BCUT2D eigenvalue weighted by Gasteiger charge is 2.20. The quantitative estimate of drug-likeness (QED) is 0.336. The molecule has 166 valence electrons. The lowest BCUT2D eigenvalue weighted by Gasteiger charge is -2.12. The van der Waals surface area contributed by atoms with Crippen molar-refractivity contribution < 1.29 is 33.4 Å². The Kier molecular flexibility index (Phi) is 7.10. The zero-order valence-corrected chi connectivity index (χ0v) is 17.8. The Balaban J connectivity index is 1.82. The van der Waals surface area contributed by atoms with E-state index >= 15 is 0 Å². The molecular weight excluding hydrogens is 426 g/mol. The maximum absolute atomic E-state index is 12.7. The van der Waals surface area contributed by atoms with Crippen LogP contribution < -0.4 is 5.32 Å². The zero-order chi connectivity index (χ0) is 24.0. The maximum Gasteiger partial charge on any atom is 0.339 e. The first-order valence-corrected chi connectivity index (χ1v) is 9.72. The third kappa shape index (κ3) is 5.19. The molecule has 0 radical (unpaired) electrons. The molecule has 0 saturated heterocycles. The van der Waals surface area contributed by atoms with Crippen LogP contribution in [0.4, 0.5) is 5.69 Å². The van der Waals surface area contributed by atoms with Crippen LogP contribution in [0.5, 0.6) is 0 Å². The van der Waals surface area contributed by atoms with Crippen molar-refractivity contribution in [1.82, 2.24) is 0 Å². The third-order valence-corrected chi connectivity index (χ3v) is 4.75. The standard InChI is InChI=1S/C25H19NO7/c1-32-24(30)18-12-13-19(25(31)33-2)20(14-18)26-23(29)17-10-8-16(9-11-17)22(28)21(27)15-6-4-3-5-7-15/h3-14H,1-2H3,(H,26,29). The van der Waals surface area contributed by atoms with E-state index in [2.05, 4.69) is 10.1 Å². The summed E-state index contributed by atoms with van der Waals surface area (Å²) in [7, 11) is 2.40. The normalized spacial score (nSPS) is 10.1. The van der Waals surface area contributed by atoms with Gasteiger partial charge < -0.3 is 14.8 Å². The molecule has 3 rings (SSSR count). The van der Waals surface area contributed by atoms with E-state index in [4.69, 9.17) is 4.74 Å². The van der Waals surface area contributed by atoms with Gasteiger partial charge in [-0.2, -0.15) is 0 Å². The molecular formula is C25H19NO7. The second-order valence-electron chi connectivity index (χ2n) is 6.80. The van der Waals surface area contributed by atoms with Crippen LogP contribution in [-0.4, -0.2) is 43.6 Å². The SMILES string of the molecule is COC(=O)c1ccc(C(=O)OC)c(NC(=O)c2ccc(C(=O)C(=O)c3ccccc3)cc2)c1. The highest BCUT2D eigenvalue weighted by molar-refractivity contribution is 6.49. The first-order chi connectivity index (χ1) is 15.8. The molecule has 0 spiro atoms. The number of Topliss-reactive ketones (excluding diaryl/α,β-unsaturated/α-hetero) is 2. The van der Waals surface area contributed by atoms with Crippen molar-refractivity contribution in [3.05, 3.63) is 101 Å². The van der Waals surface area contributed by atoms with Gasteiger partial charge in [0.1, 0.15) is 0 Å². The van der Waals surface area contributed by atoms with Gasteiger partial charge in [0, 0.05) is 16.7 Å². The first-order valence-electron chi connectivity index (χ1n) is 9.72. The summed E-state index contributed by atoms with van der Waals surface area (Å²) in [4.78, 5) is 61.4. The maximum atomic E-state index is 12.7. The predicted molar refractivity (Wildman–Crippen MR) is 119 cm³/mol. The van der Waals surface area contributed by atoms with Crippen molar-refractivity contribution in [2.75, 3.05) is 19.5 Å². The van der Waals surface area contributed by atoms with Crippen molar-refractivity contribution in [1.29, 1.82) is 0 Å². The number of amides is 1. The number of ketones is 2. The highest BCUT2D eigenvalue weighted by Crippen LogP contribution is 2.21. The molecule has 8 heteroatoms. The summed E-state index contributed by atoms with van der Waals surface area (Å²) >= 11 is 0. The molecule has 0 aliphatic heterocycles. The molecule has 8 nitrogen and oxygen atoms in total. The van der Waals surface area contributed by atoms with Crippen LogP contribution in [0.25, 0.3) is 0 Å². The number of carbonyl (C=O) groups excluding carboxylic acids is 5. The first kappa shape index (κ1) is 23.1. The van der Waals surface area contributed by atoms with Crippen molar-refractivity contribution in [2.45, 2.75) is 0 Å². The van der Waals surface area contributed by atoms with E-state index in [-0.39, 0.29) is 33.5 Å². The van der Waals surface area contributed by atoms with E-state index in [0.717, 1.165) is 0 Å². The summed E-state index contributed by atoms with van der Waals surface area (Å²) < 4.78 is 9.38. The minimum atomic E-state index is -0.706. The molecule has 3 aromatic rings. The fourth-order valence-electron chi connectivity index (χ4n) is 3.00. The molecule has 0 saturated carbocycles. The number of carbonyl (C=O) groups is 5. The van der Waals surface area contributed by atoms with Gasteiger partial charge in [0.15, 0.2) is 0 Å². The molecule has 0 heterocycles. The number of anilines is 1. The van der Waals surface area contributed by atoms with Crippen molar-refractivity contribution >= 4 is 35.1 Å². The van der Waals surface area contributed by atoms with Crippen LogP contribution in [-0.2, 0) is 9.47 Å². The van der Waals surface area contributed by atoms with Crippen molar-refractivity contribution in [3.8, 4) is 0 Å². The number of hydrogen-bond donors (Lipinski definition) is 1. The van der Waals surface area contributed by atoms with Crippen LogP contribution >= 0.6 is 0 Å². The molecule has 1 amide bonds. The summed E-state index contributed by atoms with van der Waals surface area (Å²) in [6.07, 6.45) is 0. The second-order valence-corrected chi connectivity index (χ2v) is 6.80. The molecule has 0 aromatic heterocycles. The molecule has 0 bridgehead atoms. The van der Waals surface area contributed by atoms with Gasteiger partial charge in [0.05, 0.1) is 31.0 Å². The Morgan fingerprint density at radius 3 is 1.70 bits per heavy atom. The van der Waals surface area contributed by atoms with Gasteiger partial charge in [0.2, 0.25) is 11.6 Å². The highest BCUT2D eigenvalue weighted by atomic mass is 16.5. The molecule has 0 atom stereocenters. The van der Waals surface area contributed by atoms with Gasteiger partial charge in [-0.3, -0.25) is 14.4 Å². The summed E-state index contributed by atoms with van der Waals surface area (Å²) in [5, 5.41) is 2.56. The Morgan fingerprint density at radius 1 is 0.606 bits per heavy atom. The average molecular weight is 445 g/mol. The minimum Gasteiger partial charge on any atom is -0.465 e. The van der Waals surface area contributed by atoms with Crippen LogP contribution in [0.2, 0.25) is 0 Å². The molecule has 0 unspecified atom stereocenters. The lowest BCUT2D eigenvalue weighted by atomic mass is 10.0. The number of nitrogens with one attached hydrogen (secondary N) is 1. The third-order valence-electron chi connectivity index (χ3n) is 4.75. The molecule has 0 fully saturated rings. The largest absolute Gasteiger partial charge is 0.465 e. The van der Waals surface area contributed by atoms with Gasteiger partial charge >= 0.3 is 11.9 Å². The number of methoxy groups -OCH3 is 2. The number of hydrogen-bond acceptors (Lipinski definition) is 7. The van der Waals surface area contributed by atoms with Crippen LogP contribution in [0.1, 0.15) is 51.8 Å². The van der Waals surface area contributed by atoms with Gasteiger partial charge in [0.25, 0.3) is 5.91 Å². The predicted octanol–water partition coefficient (Wildman–Crippen LogP) is 3.58. The number of ether oxygens (including phenoxy) is 2. The van der Waals surface area contributed by atoms with Crippen LogP contribution in [0.3, 0.4) is 0 Å². The Morgan fingerprint density at radius 2 is 1.12 bits per heavy atom. The van der Waals surface area contributed by atoms with Gasteiger partial charge in [-0.15, -0.1) is 0 Å². The average Bonchev–Trinajstić information content (AvgIpc) is 2.87. The summed E-state index contributed by atoms with van der Waals surface area (Å²) in [6.45, 7) is 0. The second kappa shape index (κ2) is 10.1. The molecule has 0 aliphatic carbocycles. The Labute approximate surface area is 189 Å². The van der Waals surface area contributed by atoms with E-state index in [1.165, 1.54) is 56.7 Å². The lowest BCUT2D eigenvalue weighted by molar-refractivity contribution is 0.0587. The molecule has 0 aliphatic rings. The fraction of sp³-hybridized carbons (Fsp3) is 0.0800. The smallest absolute Gasteiger partial charge is 0.339 e. The molecule has 33 heavy (non-hydrogen) atoms. The summed E-state index contributed by atoms with van der Waals surface area (Å²) in [5.41, 5.74) is 0.778. The number of rotatable bonds is 7. The minimum absolute atomic E-state index is 0.0405. The number of esters is 2. The van der Waals surface area contributed by atoms with E-state index < -0.39 is 29.4 Å². The monoisotopic (exact) mass is 445 g/mol. The summed E-state index contributed by atoms with van der Waals surface area (Å²) in [5.74, 6) is -3.31. The van der Waals surface area contributed by atoms with Crippen LogP contribution in [0.15, 0.2) is 72.8 Å². The van der Waals surface area contributed by atoms with Crippen LogP contribution in [0, 0.1) is 0 Å². The van der Waals surface area contributed by atoms with Gasteiger partial charge in [-0.1, -0.05) is 42.5 Å². The van der Waals surface area contributed by atoms with E-state index in [1.54, 1.807) is 30.3 Å². The summed E-state index contributed by atoms with van der Waals surface area (Å²) in [6, 6.07) is 17.6. The van der Waals surface area contributed by atoms with E-state index in [0.29, 0.717) is 0 Å². The van der Waals surface area contributed by atoms with Gasteiger partial charge in [-0.25, -0.2) is 9.59 Å².